The van der Waals surface area contributed by atoms with Crippen molar-refractivity contribution in [2.45, 2.75) is 90.6 Å². The second kappa shape index (κ2) is 23.7. The van der Waals surface area contributed by atoms with Crippen LogP contribution in [0, 0.1) is 11.8 Å². The SMILES string of the molecule is COCCCN1CCOc2ccc(CO[C@H]3CN(C(=O)[C@@H](N)C(C)C)C[C@@H](OC[C@@H](C)OC(=O)[C@@H](NC(=O)CN)C(C)C)[C@@H]3c3ccc(COCCOC)cc3)cc21. The lowest BCUT2D eigenvalue weighted by atomic mass is 9.83. The minimum absolute atomic E-state index is 0.0304. The van der Waals surface area contributed by atoms with E-state index < -0.39 is 42.3 Å². The van der Waals surface area contributed by atoms with Crippen LogP contribution >= 0.6 is 0 Å². The van der Waals surface area contributed by atoms with Gasteiger partial charge >= 0.3 is 5.97 Å². The summed E-state index contributed by atoms with van der Waals surface area (Å²) >= 11 is 0. The molecule has 2 aliphatic heterocycles. The maximum Gasteiger partial charge on any atom is 0.329 e. The number of hydrogen-bond donors (Lipinski definition) is 3. The van der Waals surface area contributed by atoms with E-state index in [1.54, 1.807) is 26.0 Å². The van der Waals surface area contributed by atoms with E-state index in [1.165, 1.54) is 0 Å². The van der Waals surface area contributed by atoms with E-state index in [9.17, 15) is 14.4 Å². The van der Waals surface area contributed by atoms with Gasteiger partial charge in [0.1, 0.15) is 24.5 Å². The van der Waals surface area contributed by atoms with Gasteiger partial charge in [-0.15, -0.1) is 0 Å². The number of amides is 2. The summed E-state index contributed by atoms with van der Waals surface area (Å²) in [5.41, 5.74) is 15.9. The van der Waals surface area contributed by atoms with Crippen LogP contribution in [0.2, 0.25) is 0 Å². The predicted molar refractivity (Wildman–Crippen MR) is 220 cm³/mol. The minimum Gasteiger partial charge on any atom is -0.490 e. The molecule has 0 radical (unpaired) electrons. The zero-order valence-corrected chi connectivity index (χ0v) is 35.5. The van der Waals surface area contributed by atoms with E-state index in [0.29, 0.717) is 39.6 Å². The standard InChI is InChI=1S/C43H67N5O10/c1-28(2)40(45)42(50)48-23-36(56-25-30(5)58-43(51)41(29(3)4)46-38(49)22-44)39(33-12-9-31(10-13-33)26-54-20-19-53-7)37(24-48)57-27-32-11-14-35-34(21-32)47(16-18-55-35)15-8-17-52-6/h9-14,21,28-30,36-37,39-41H,8,15-20,22-27,44-45H2,1-7H3,(H,46,49)/t30-,36-,37+,39+,40+,41+/m1/s1. The van der Waals surface area contributed by atoms with Crippen LogP contribution < -0.4 is 26.4 Å². The molecule has 6 atom stereocenters. The fraction of sp³-hybridized carbons (Fsp3) is 0.651. The Labute approximate surface area is 344 Å². The molecule has 0 bridgehead atoms. The average Bonchev–Trinajstić information content (AvgIpc) is 3.22. The van der Waals surface area contributed by atoms with Gasteiger partial charge in [-0.25, -0.2) is 4.79 Å². The van der Waals surface area contributed by atoms with Crippen LogP contribution in [-0.2, 0) is 56.0 Å². The number of carbonyl (C=O) groups excluding carboxylic acids is 3. The molecule has 15 nitrogen and oxygen atoms in total. The van der Waals surface area contributed by atoms with Crippen molar-refractivity contribution in [3.8, 4) is 5.75 Å². The Bertz CT molecular complexity index is 1580. The third-order valence-corrected chi connectivity index (χ3v) is 10.5. The van der Waals surface area contributed by atoms with Gasteiger partial charge < -0.3 is 59.7 Å². The summed E-state index contributed by atoms with van der Waals surface area (Å²) < 4.78 is 41.4. The highest BCUT2D eigenvalue weighted by Gasteiger charge is 2.42. The van der Waals surface area contributed by atoms with E-state index in [1.807, 2.05) is 52.0 Å². The highest BCUT2D eigenvalue weighted by atomic mass is 16.6. The number of anilines is 1. The van der Waals surface area contributed by atoms with Gasteiger partial charge in [0, 0.05) is 46.4 Å². The number of hydrogen-bond acceptors (Lipinski definition) is 13. The third-order valence-electron chi connectivity index (χ3n) is 10.5. The number of fused-ring (bicyclic) bond motifs is 1. The van der Waals surface area contributed by atoms with E-state index in [0.717, 1.165) is 47.6 Å². The van der Waals surface area contributed by atoms with Gasteiger partial charge in [-0.3, -0.25) is 9.59 Å². The summed E-state index contributed by atoms with van der Waals surface area (Å²) in [5, 5.41) is 2.65. The van der Waals surface area contributed by atoms with Gasteiger partial charge in [-0.05, 0) is 54.0 Å². The van der Waals surface area contributed by atoms with Crippen molar-refractivity contribution in [1.29, 1.82) is 0 Å². The van der Waals surface area contributed by atoms with Crippen LogP contribution in [0.25, 0.3) is 0 Å². The molecule has 2 aromatic rings. The number of ether oxygens (including phenoxy) is 7. The molecule has 0 aliphatic carbocycles. The lowest BCUT2D eigenvalue weighted by Crippen LogP contribution is -2.58. The van der Waals surface area contributed by atoms with Crippen LogP contribution in [0.4, 0.5) is 5.69 Å². The summed E-state index contributed by atoms with van der Waals surface area (Å²) in [6.07, 6.45) is -0.837. The largest absolute Gasteiger partial charge is 0.490 e. The molecule has 15 heteroatoms. The normalized spacial score (nSPS) is 19.7. The lowest BCUT2D eigenvalue weighted by molar-refractivity contribution is -0.162. The molecule has 58 heavy (non-hydrogen) atoms. The Kier molecular flexibility index (Phi) is 19.1. The van der Waals surface area contributed by atoms with Crippen molar-refractivity contribution in [1.82, 2.24) is 10.2 Å². The first-order valence-electron chi connectivity index (χ1n) is 20.5. The van der Waals surface area contributed by atoms with Crippen LogP contribution in [0.15, 0.2) is 42.5 Å². The van der Waals surface area contributed by atoms with Crippen molar-refractivity contribution in [3.05, 3.63) is 59.2 Å². The molecule has 1 fully saturated rings. The summed E-state index contributed by atoms with van der Waals surface area (Å²) in [4.78, 5) is 43.2. The summed E-state index contributed by atoms with van der Waals surface area (Å²) in [7, 11) is 3.35. The van der Waals surface area contributed by atoms with Crippen LogP contribution in [-0.4, -0.2) is 133 Å². The Morgan fingerprint density at radius 2 is 1.57 bits per heavy atom. The number of nitrogens with one attached hydrogen (secondary N) is 1. The van der Waals surface area contributed by atoms with Crippen molar-refractivity contribution in [3.63, 3.8) is 0 Å². The molecular weight excluding hydrogens is 746 g/mol. The second-order valence-electron chi connectivity index (χ2n) is 15.8. The molecule has 2 amide bonds. The van der Waals surface area contributed by atoms with Crippen LogP contribution in [0.5, 0.6) is 5.75 Å². The molecule has 0 saturated carbocycles. The van der Waals surface area contributed by atoms with Crippen LogP contribution in [0.1, 0.15) is 63.6 Å². The van der Waals surface area contributed by atoms with Gasteiger partial charge in [0.15, 0.2) is 0 Å². The molecule has 5 N–H and O–H groups in total. The molecule has 2 heterocycles. The number of rotatable bonds is 23. The molecule has 324 valence electrons. The zero-order chi connectivity index (χ0) is 42.2. The summed E-state index contributed by atoms with van der Waals surface area (Å²) in [6, 6.07) is 12.7. The number of carbonyl (C=O) groups is 3. The number of methoxy groups -OCH3 is 2. The van der Waals surface area contributed by atoms with Gasteiger partial charge in [-0.1, -0.05) is 58.0 Å². The van der Waals surface area contributed by atoms with Crippen LogP contribution in [0.3, 0.4) is 0 Å². The van der Waals surface area contributed by atoms with Gasteiger partial charge in [0.2, 0.25) is 11.8 Å². The number of nitrogens with two attached hydrogens (primary N) is 2. The fourth-order valence-corrected chi connectivity index (χ4v) is 7.10. The van der Waals surface area contributed by atoms with E-state index in [4.69, 9.17) is 44.6 Å². The number of likely N-dealkylation sites (tertiary alicyclic amines) is 1. The lowest BCUT2D eigenvalue weighted by Gasteiger charge is -2.44. The highest BCUT2D eigenvalue weighted by Crippen LogP contribution is 2.36. The number of benzene rings is 2. The van der Waals surface area contributed by atoms with Gasteiger partial charge in [-0.2, -0.15) is 0 Å². The second-order valence-corrected chi connectivity index (χ2v) is 15.8. The van der Waals surface area contributed by atoms with E-state index in [-0.39, 0.29) is 50.0 Å². The monoisotopic (exact) mass is 813 g/mol. The molecule has 2 aromatic carbocycles. The average molecular weight is 814 g/mol. The number of esters is 1. The zero-order valence-electron chi connectivity index (χ0n) is 35.5. The quantitative estimate of drug-likeness (QED) is 0.110. The first-order chi connectivity index (χ1) is 27.9. The van der Waals surface area contributed by atoms with Gasteiger partial charge in [0.25, 0.3) is 0 Å². The predicted octanol–water partition coefficient (Wildman–Crippen LogP) is 3.00. The topological polar surface area (TPSA) is 186 Å². The fourth-order valence-electron chi connectivity index (χ4n) is 7.10. The van der Waals surface area contributed by atoms with Crippen molar-refractivity contribution >= 4 is 23.5 Å². The molecule has 4 rings (SSSR count). The Hall–Kier alpha value is -3.83. The first kappa shape index (κ1) is 46.9. The maximum absolute atomic E-state index is 13.9. The number of piperidine rings is 1. The molecule has 2 aliphatic rings. The van der Waals surface area contributed by atoms with Crippen molar-refractivity contribution in [2.75, 3.05) is 84.9 Å². The molecule has 0 aromatic heterocycles. The third kappa shape index (κ3) is 13.6. The number of nitrogens with zero attached hydrogens (tertiary/aromatic N) is 2. The summed E-state index contributed by atoms with van der Waals surface area (Å²) in [5.74, 6) is -1.01. The highest BCUT2D eigenvalue weighted by molar-refractivity contribution is 5.85. The molecule has 1 saturated heterocycles. The van der Waals surface area contributed by atoms with E-state index >= 15 is 0 Å². The molecule has 0 unspecified atom stereocenters. The Morgan fingerprint density at radius 3 is 2.22 bits per heavy atom. The smallest absolute Gasteiger partial charge is 0.329 e. The molecule has 0 spiro atoms. The van der Waals surface area contributed by atoms with E-state index in [2.05, 4.69) is 28.4 Å². The Balaban J connectivity index is 1.62. The van der Waals surface area contributed by atoms with Crippen molar-refractivity contribution < 1.29 is 47.5 Å². The first-order valence-corrected chi connectivity index (χ1v) is 20.5. The van der Waals surface area contributed by atoms with Gasteiger partial charge in [0.05, 0.1) is 70.1 Å². The molecular formula is C43H67N5O10. The maximum atomic E-state index is 13.9. The summed E-state index contributed by atoms with van der Waals surface area (Å²) in [6.45, 7) is 14.1. The Morgan fingerprint density at radius 1 is 0.879 bits per heavy atom. The van der Waals surface area contributed by atoms with Crippen molar-refractivity contribution in [2.24, 2.45) is 23.3 Å². The minimum atomic E-state index is -0.867.